The molecule has 1 fully saturated rings. The van der Waals surface area contributed by atoms with Crippen LogP contribution in [-0.4, -0.2) is 26.2 Å². The standard InChI is InChI=1S/C13H19N3O3/c1-9-3-5-13(6-4-9,12(18)19)15-10-11(17)16(2)8-7-14-10/h7-9H,3-6H2,1-2H3,(H,14,15)(H,18,19). The van der Waals surface area contributed by atoms with Crippen LogP contribution in [0.2, 0.25) is 0 Å². The van der Waals surface area contributed by atoms with E-state index in [2.05, 4.69) is 17.2 Å². The molecular weight excluding hydrogens is 246 g/mol. The summed E-state index contributed by atoms with van der Waals surface area (Å²) in [4.78, 5) is 27.5. The van der Waals surface area contributed by atoms with Crippen LogP contribution in [0.15, 0.2) is 17.2 Å². The van der Waals surface area contributed by atoms with Gasteiger partial charge >= 0.3 is 5.97 Å². The van der Waals surface area contributed by atoms with Gasteiger partial charge in [0.15, 0.2) is 5.82 Å². The second-order valence-electron chi connectivity index (χ2n) is 5.39. The molecule has 6 heteroatoms. The number of nitrogens with zero attached hydrogens (tertiary/aromatic N) is 2. The first kappa shape index (κ1) is 13.6. The largest absolute Gasteiger partial charge is 0.480 e. The van der Waals surface area contributed by atoms with E-state index in [1.807, 2.05) is 0 Å². The van der Waals surface area contributed by atoms with Crippen molar-refractivity contribution < 1.29 is 9.90 Å². The molecule has 0 spiro atoms. The molecule has 19 heavy (non-hydrogen) atoms. The summed E-state index contributed by atoms with van der Waals surface area (Å²) in [5.41, 5.74) is -1.37. The maximum Gasteiger partial charge on any atom is 0.329 e. The molecule has 0 amide bonds. The van der Waals surface area contributed by atoms with Crippen molar-refractivity contribution in [1.82, 2.24) is 9.55 Å². The van der Waals surface area contributed by atoms with Gasteiger partial charge in [0.2, 0.25) is 0 Å². The van der Waals surface area contributed by atoms with E-state index in [0.29, 0.717) is 18.8 Å². The molecule has 0 radical (unpaired) electrons. The Morgan fingerprint density at radius 3 is 2.74 bits per heavy atom. The third kappa shape index (κ3) is 2.62. The Morgan fingerprint density at radius 1 is 1.53 bits per heavy atom. The summed E-state index contributed by atoms with van der Waals surface area (Å²) in [7, 11) is 1.62. The van der Waals surface area contributed by atoms with E-state index in [-0.39, 0.29) is 11.4 Å². The molecule has 2 rings (SSSR count). The van der Waals surface area contributed by atoms with E-state index in [1.165, 1.54) is 10.8 Å². The van der Waals surface area contributed by atoms with E-state index < -0.39 is 11.5 Å². The third-order valence-corrected chi connectivity index (χ3v) is 3.91. The molecular formula is C13H19N3O3. The topological polar surface area (TPSA) is 84.2 Å². The normalized spacial score (nSPS) is 26.9. The van der Waals surface area contributed by atoms with Crippen molar-refractivity contribution in [3.63, 3.8) is 0 Å². The molecule has 0 bridgehead atoms. The number of rotatable bonds is 3. The fraction of sp³-hybridized carbons (Fsp3) is 0.615. The van der Waals surface area contributed by atoms with E-state index in [4.69, 9.17) is 0 Å². The van der Waals surface area contributed by atoms with Gasteiger partial charge in [-0.05, 0) is 31.6 Å². The Morgan fingerprint density at radius 2 is 2.16 bits per heavy atom. The fourth-order valence-electron chi connectivity index (χ4n) is 2.46. The van der Waals surface area contributed by atoms with Crippen LogP contribution in [0.25, 0.3) is 0 Å². The number of nitrogens with one attached hydrogen (secondary N) is 1. The first-order valence-electron chi connectivity index (χ1n) is 6.48. The summed E-state index contributed by atoms with van der Waals surface area (Å²) in [6.45, 7) is 2.12. The molecule has 1 aliphatic carbocycles. The van der Waals surface area contributed by atoms with Crippen molar-refractivity contribution in [2.75, 3.05) is 5.32 Å². The van der Waals surface area contributed by atoms with Crippen LogP contribution in [-0.2, 0) is 11.8 Å². The number of anilines is 1. The van der Waals surface area contributed by atoms with Crippen molar-refractivity contribution >= 4 is 11.8 Å². The van der Waals surface area contributed by atoms with E-state index in [9.17, 15) is 14.7 Å². The number of aromatic nitrogens is 2. The van der Waals surface area contributed by atoms with E-state index in [1.54, 1.807) is 13.2 Å². The molecule has 1 aliphatic rings. The van der Waals surface area contributed by atoms with Gasteiger partial charge in [0, 0.05) is 19.4 Å². The van der Waals surface area contributed by atoms with Gasteiger partial charge in [-0.15, -0.1) is 0 Å². The molecule has 0 unspecified atom stereocenters. The summed E-state index contributed by atoms with van der Waals surface area (Å²) in [5, 5.41) is 12.4. The highest BCUT2D eigenvalue weighted by Crippen LogP contribution is 2.34. The van der Waals surface area contributed by atoms with Crippen molar-refractivity contribution in [1.29, 1.82) is 0 Å². The molecule has 0 saturated heterocycles. The van der Waals surface area contributed by atoms with Crippen LogP contribution >= 0.6 is 0 Å². The molecule has 104 valence electrons. The van der Waals surface area contributed by atoms with Gasteiger partial charge in [-0.3, -0.25) is 4.79 Å². The molecule has 1 saturated carbocycles. The summed E-state index contributed by atoms with van der Waals surface area (Å²) in [5.74, 6) is -0.269. The van der Waals surface area contributed by atoms with Crippen LogP contribution in [0, 0.1) is 5.92 Å². The fourth-order valence-corrected chi connectivity index (χ4v) is 2.46. The van der Waals surface area contributed by atoms with Gasteiger partial charge in [-0.2, -0.15) is 0 Å². The quantitative estimate of drug-likeness (QED) is 0.858. The molecule has 2 N–H and O–H groups in total. The average Bonchev–Trinajstić information content (AvgIpc) is 2.37. The van der Waals surface area contributed by atoms with E-state index >= 15 is 0 Å². The average molecular weight is 265 g/mol. The highest BCUT2D eigenvalue weighted by atomic mass is 16.4. The number of carboxylic acid groups (broad SMARTS) is 1. The second-order valence-corrected chi connectivity index (χ2v) is 5.39. The summed E-state index contributed by atoms with van der Waals surface area (Å²) in [6, 6.07) is 0. The lowest BCUT2D eigenvalue weighted by Gasteiger charge is -2.36. The predicted octanol–water partition coefficient (Wildman–Crippen LogP) is 1.23. The minimum absolute atomic E-state index is 0.113. The Hall–Kier alpha value is -1.85. The number of carbonyl (C=O) groups is 1. The zero-order valence-corrected chi connectivity index (χ0v) is 11.2. The summed E-state index contributed by atoms with van der Waals surface area (Å²) in [6.07, 6.45) is 5.75. The number of hydrogen-bond donors (Lipinski definition) is 2. The van der Waals surface area contributed by atoms with Gasteiger partial charge in [0.25, 0.3) is 5.56 Å². The zero-order valence-electron chi connectivity index (χ0n) is 11.2. The molecule has 1 heterocycles. The first-order chi connectivity index (χ1) is 8.94. The Balaban J connectivity index is 2.29. The number of aryl methyl sites for hydroxylation is 1. The molecule has 0 atom stereocenters. The number of hydrogen-bond acceptors (Lipinski definition) is 4. The van der Waals surface area contributed by atoms with Crippen molar-refractivity contribution in [2.24, 2.45) is 13.0 Å². The van der Waals surface area contributed by atoms with Gasteiger partial charge in [-0.1, -0.05) is 6.92 Å². The number of aliphatic carboxylic acids is 1. The minimum Gasteiger partial charge on any atom is -0.480 e. The second kappa shape index (κ2) is 5.03. The Kier molecular flexibility index (Phi) is 3.59. The Labute approximate surface area is 111 Å². The van der Waals surface area contributed by atoms with Gasteiger partial charge in [-0.25, -0.2) is 9.78 Å². The van der Waals surface area contributed by atoms with Crippen LogP contribution in [0.4, 0.5) is 5.82 Å². The van der Waals surface area contributed by atoms with Gasteiger partial charge in [0.1, 0.15) is 5.54 Å². The van der Waals surface area contributed by atoms with Crippen LogP contribution in [0.3, 0.4) is 0 Å². The van der Waals surface area contributed by atoms with Crippen LogP contribution < -0.4 is 10.9 Å². The lowest BCUT2D eigenvalue weighted by Crippen LogP contribution is -2.50. The van der Waals surface area contributed by atoms with Crippen LogP contribution in [0.1, 0.15) is 32.6 Å². The maximum absolute atomic E-state index is 11.9. The molecule has 1 aromatic heterocycles. The lowest BCUT2D eigenvalue weighted by molar-refractivity contribution is -0.143. The van der Waals surface area contributed by atoms with Crippen molar-refractivity contribution in [3.8, 4) is 0 Å². The van der Waals surface area contributed by atoms with Gasteiger partial charge < -0.3 is 15.0 Å². The summed E-state index contributed by atoms with van der Waals surface area (Å²) >= 11 is 0. The minimum atomic E-state index is -1.06. The molecule has 1 aromatic rings. The van der Waals surface area contributed by atoms with E-state index in [0.717, 1.165) is 12.8 Å². The SMILES string of the molecule is CC1CCC(Nc2nccn(C)c2=O)(C(=O)O)CC1. The first-order valence-corrected chi connectivity index (χ1v) is 6.48. The highest BCUT2D eigenvalue weighted by Gasteiger charge is 2.42. The van der Waals surface area contributed by atoms with Crippen molar-refractivity contribution in [3.05, 3.63) is 22.7 Å². The monoisotopic (exact) mass is 265 g/mol. The van der Waals surface area contributed by atoms with Gasteiger partial charge in [0.05, 0.1) is 0 Å². The van der Waals surface area contributed by atoms with Crippen molar-refractivity contribution in [2.45, 2.75) is 38.1 Å². The molecule has 6 nitrogen and oxygen atoms in total. The molecule has 0 aliphatic heterocycles. The highest BCUT2D eigenvalue weighted by molar-refractivity contribution is 5.82. The van der Waals surface area contributed by atoms with Crippen LogP contribution in [0.5, 0.6) is 0 Å². The zero-order chi connectivity index (χ0) is 14.0. The summed E-state index contributed by atoms with van der Waals surface area (Å²) < 4.78 is 1.39. The Bertz CT molecular complexity index is 530. The molecule has 0 aromatic carbocycles. The maximum atomic E-state index is 11.9. The predicted molar refractivity (Wildman–Crippen MR) is 71.1 cm³/mol. The smallest absolute Gasteiger partial charge is 0.329 e. The lowest BCUT2D eigenvalue weighted by atomic mass is 9.77. The third-order valence-electron chi connectivity index (χ3n) is 3.91. The number of carboxylic acids is 1.